The Balaban J connectivity index is 1.87. The van der Waals surface area contributed by atoms with Gasteiger partial charge in [-0.25, -0.2) is 0 Å². The summed E-state index contributed by atoms with van der Waals surface area (Å²) in [5.74, 6) is 0.762. The summed E-state index contributed by atoms with van der Waals surface area (Å²) in [5.41, 5.74) is 0. The number of carbonyl (C=O) groups excluding carboxylic acids is 1. The minimum Gasteiger partial charge on any atom is -0.379 e. The first-order chi connectivity index (χ1) is 8.22. The molecule has 1 aliphatic carbocycles. The number of hydrogen-bond donors (Lipinski definition) is 2. The van der Waals surface area contributed by atoms with Crippen molar-refractivity contribution < 1.29 is 9.53 Å². The van der Waals surface area contributed by atoms with Crippen molar-refractivity contribution >= 4 is 5.91 Å². The summed E-state index contributed by atoms with van der Waals surface area (Å²) in [6, 6.07) is 0.545. The Bertz CT molecular complexity index is 270. The molecule has 2 fully saturated rings. The molecule has 2 N–H and O–H groups in total. The smallest absolute Gasteiger partial charge is 0.227 e. The molecule has 4 heteroatoms. The molecule has 2 aliphatic rings. The Morgan fingerprint density at radius 3 is 2.65 bits per heavy atom. The zero-order chi connectivity index (χ0) is 12.3. The molecular weight excluding hydrogens is 216 g/mol. The number of ether oxygens (including phenoxy) is 1. The Hall–Kier alpha value is -0.610. The molecule has 0 bridgehead atoms. The third-order valence-corrected chi connectivity index (χ3v) is 4.23. The molecule has 4 atom stereocenters. The Labute approximate surface area is 103 Å². The summed E-state index contributed by atoms with van der Waals surface area (Å²) in [6.07, 6.45) is 4.91. The lowest BCUT2D eigenvalue weighted by atomic mass is 9.85. The van der Waals surface area contributed by atoms with Crippen LogP contribution in [0.4, 0.5) is 0 Å². The molecule has 1 saturated carbocycles. The molecule has 4 nitrogen and oxygen atoms in total. The van der Waals surface area contributed by atoms with Gasteiger partial charge in [0.1, 0.15) is 0 Å². The first-order valence-corrected chi connectivity index (χ1v) is 6.77. The fourth-order valence-electron chi connectivity index (χ4n) is 2.92. The van der Waals surface area contributed by atoms with E-state index >= 15 is 0 Å². The number of likely N-dealkylation sites (N-methyl/N-ethyl adjacent to an activating group) is 1. The molecule has 0 aromatic heterocycles. The van der Waals surface area contributed by atoms with Crippen LogP contribution in [-0.4, -0.2) is 38.3 Å². The molecule has 1 saturated heterocycles. The lowest BCUT2D eigenvalue weighted by Crippen LogP contribution is -2.48. The van der Waals surface area contributed by atoms with Gasteiger partial charge in [0, 0.05) is 12.1 Å². The van der Waals surface area contributed by atoms with Crippen LogP contribution in [0.2, 0.25) is 0 Å². The Morgan fingerprint density at radius 2 is 1.94 bits per heavy atom. The molecule has 1 aliphatic heterocycles. The monoisotopic (exact) mass is 240 g/mol. The van der Waals surface area contributed by atoms with Gasteiger partial charge in [0.15, 0.2) is 0 Å². The van der Waals surface area contributed by atoms with Crippen LogP contribution >= 0.6 is 0 Å². The van der Waals surface area contributed by atoms with E-state index in [4.69, 9.17) is 4.74 Å². The van der Waals surface area contributed by atoms with Crippen LogP contribution < -0.4 is 10.6 Å². The maximum absolute atomic E-state index is 12.2. The van der Waals surface area contributed by atoms with Crippen molar-refractivity contribution in [2.24, 2.45) is 11.8 Å². The average molecular weight is 240 g/mol. The molecule has 0 aromatic rings. The normalized spacial score (nSPS) is 38.0. The van der Waals surface area contributed by atoms with E-state index in [0.717, 1.165) is 6.42 Å². The molecule has 98 valence electrons. The zero-order valence-electron chi connectivity index (χ0n) is 10.9. The molecule has 2 rings (SSSR count). The third kappa shape index (κ3) is 2.99. The van der Waals surface area contributed by atoms with Crippen LogP contribution in [0.3, 0.4) is 0 Å². The zero-order valence-corrected chi connectivity index (χ0v) is 10.9. The largest absolute Gasteiger partial charge is 0.379 e. The van der Waals surface area contributed by atoms with E-state index in [1.807, 2.05) is 7.05 Å². The summed E-state index contributed by atoms with van der Waals surface area (Å²) in [4.78, 5) is 12.2. The van der Waals surface area contributed by atoms with E-state index in [2.05, 4.69) is 17.6 Å². The highest BCUT2D eigenvalue weighted by Gasteiger charge is 2.34. The van der Waals surface area contributed by atoms with Gasteiger partial charge in [-0.1, -0.05) is 19.8 Å². The maximum atomic E-state index is 12.2. The Morgan fingerprint density at radius 1 is 1.18 bits per heavy atom. The van der Waals surface area contributed by atoms with E-state index in [0.29, 0.717) is 25.2 Å². The van der Waals surface area contributed by atoms with E-state index in [-0.39, 0.29) is 17.9 Å². The van der Waals surface area contributed by atoms with E-state index in [9.17, 15) is 4.79 Å². The van der Waals surface area contributed by atoms with Gasteiger partial charge >= 0.3 is 0 Å². The fraction of sp³-hybridized carbons (Fsp3) is 0.923. The van der Waals surface area contributed by atoms with Crippen molar-refractivity contribution in [3.63, 3.8) is 0 Å². The summed E-state index contributed by atoms with van der Waals surface area (Å²) in [5, 5.41) is 6.37. The molecule has 17 heavy (non-hydrogen) atoms. The second-order valence-electron chi connectivity index (χ2n) is 5.42. The standard InChI is InChI=1S/C13H24N2O2/c1-9-5-3-4-6-11(9)15-13(16)10-7-17-8-12(10)14-2/h9-12,14H,3-8H2,1-2H3,(H,15,16). The third-order valence-electron chi connectivity index (χ3n) is 4.23. The van der Waals surface area contributed by atoms with Crippen molar-refractivity contribution in [3.05, 3.63) is 0 Å². The van der Waals surface area contributed by atoms with Gasteiger partial charge in [0.25, 0.3) is 0 Å². The average Bonchev–Trinajstić information content (AvgIpc) is 2.80. The van der Waals surface area contributed by atoms with E-state index < -0.39 is 0 Å². The number of amides is 1. The van der Waals surface area contributed by atoms with Crippen LogP contribution in [0.1, 0.15) is 32.6 Å². The Kier molecular flexibility index (Phi) is 4.40. The highest BCUT2D eigenvalue weighted by atomic mass is 16.5. The number of nitrogens with one attached hydrogen (secondary N) is 2. The van der Waals surface area contributed by atoms with Gasteiger partial charge in [-0.3, -0.25) is 4.79 Å². The highest BCUT2D eigenvalue weighted by molar-refractivity contribution is 5.80. The number of carbonyl (C=O) groups is 1. The van der Waals surface area contributed by atoms with Crippen molar-refractivity contribution in [2.45, 2.75) is 44.7 Å². The summed E-state index contributed by atoms with van der Waals surface area (Å²) < 4.78 is 5.37. The minimum atomic E-state index is -0.0193. The van der Waals surface area contributed by atoms with Gasteiger partial charge in [-0.05, 0) is 25.8 Å². The van der Waals surface area contributed by atoms with Crippen LogP contribution in [0, 0.1) is 11.8 Å². The second kappa shape index (κ2) is 5.83. The number of hydrogen-bond acceptors (Lipinski definition) is 3. The van der Waals surface area contributed by atoms with Gasteiger partial charge in [0.2, 0.25) is 5.91 Å². The minimum absolute atomic E-state index is 0.0193. The molecular formula is C13H24N2O2. The SMILES string of the molecule is CNC1COCC1C(=O)NC1CCCCC1C. The van der Waals surface area contributed by atoms with Gasteiger partial charge in [-0.15, -0.1) is 0 Å². The van der Waals surface area contributed by atoms with Crippen molar-refractivity contribution in [1.29, 1.82) is 0 Å². The van der Waals surface area contributed by atoms with Crippen LogP contribution in [0.15, 0.2) is 0 Å². The molecule has 1 heterocycles. The van der Waals surface area contributed by atoms with Crippen molar-refractivity contribution in [2.75, 3.05) is 20.3 Å². The number of rotatable bonds is 3. The first-order valence-electron chi connectivity index (χ1n) is 6.77. The van der Waals surface area contributed by atoms with Crippen LogP contribution in [0.5, 0.6) is 0 Å². The maximum Gasteiger partial charge on any atom is 0.227 e. The lowest BCUT2D eigenvalue weighted by molar-refractivity contribution is -0.126. The molecule has 0 aromatic carbocycles. The topological polar surface area (TPSA) is 50.4 Å². The fourth-order valence-corrected chi connectivity index (χ4v) is 2.92. The van der Waals surface area contributed by atoms with Crippen LogP contribution in [0.25, 0.3) is 0 Å². The predicted molar refractivity (Wildman–Crippen MR) is 66.7 cm³/mol. The van der Waals surface area contributed by atoms with Gasteiger partial charge in [0.05, 0.1) is 19.1 Å². The molecule has 0 radical (unpaired) electrons. The quantitative estimate of drug-likeness (QED) is 0.771. The molecule has 4 unspecified atom stereocenters. The van der Waals surface area contributed by atoms with Gasteiger partial charge < -0.3 is 15.4 Å². The predicted octanol–water partition coefficient (Wildman–Crippen LogP) is 0.916. The van der Waals surface area contributed by atoms with Crippen LogP contribution in [-0.2, 0) is 9.53 Å². The van der Waals surface area contributed by atoms with E-state index in [1.54, 1.807) is 0 Å². The van der Waals surface area contributed by atoms with E-state index in [1.165, 1.54) is 19.3 Å². The molecule has 1 amide bonds. The summed E-state index contributed by atoms with van der Waals surface area (Å²) in [6.45, 7) is 3.44. The second-order valence-corrected chi connectivity index (χ2v) is 5.42. The summed E-state index contributed by atoms with van der Waals surface area (Å²) >= 11 is 0. The highest BCUT2D eigenvalue weighted by Crippen LogP contribution is 2.24. The lowest BCUT2D eigenvalue weighted by Gasteiger charge is -2.31. The van der Waals surface area contributed by atoms with Crippen molar-refractivity contribution in [3.8, 4) is 0 Å². The molecule has 0 spiro atoms. The first kappa shape index (κ1) is 12.8. The van der Waals surface area contributed by atoms with Crippen molar-refractivity contribution in [1.82, 2.24) is 10.6 Å². The van der Waals surface area contributed by atoms with Gasteiger partial charge in [-0.2, -0.15) is 0 Å². The summed E-state index contributed by atoms with van der Waals surface area (Å²) in [7, 11) is 1.89.